The van der Waals surface area contributed by atoms with Gasteiger partial charge in [-0.2, -0.15) is 0 Å². The Balaban J connectivity index is 1.99. The molecule has 2 rings (SSSR count). The minimum absolute atomic E-state index is 0.0565. The summed E-state index contributed by atoms with van der Waals surface area (Å²) in [6.07, 6.45) is 0.689. The van der Waals surface area contributed by atoms with Gasteiger partial charge in [-0.25, -0.2) is 0 Å². The summed E-state index contributed by atoms with van der Waals surface area (Å²) in [5.41, 5.74) is 5.37. The molecule has 10 heavy (non-hydrogen) atoms. The van der Waals surface area contributed by atoms with Crippen LogP contribution in [0.15, 0.2) is 0 Å². The van der Waals surface area contributed by atoms with Gasteiger partial charge in [-0.3, -0.25) is 4.79 Å². The number of nitrogens with two attached hydrogens (primary N) is 1. The number of rotatable bonds is 1. The Morgan fingerprint density at radius 3 is 3.10 bits per heavy atom. The fourth-order valence-corrected chi connectivity index (χ4v) is 1.38. The molecular formula is C6H10N2O2. The summed E-state index contributed by atoms with van der Waals surface area (Å²) < 4.78 is 5.36. The van der Waals surface area contributed by atoms with E-state index < -0.39 is 0 Å². The van der Waals surface area contributed by atoms with E-state index in [0.29, 0.717) is 19.5 Å². The molecule has 0 radical (unpaired) electrons. The second-order valence-electron chi connectivity index (χ2n) is 2.70. The summed E-state index contributed by atoms with van der Waals surface area (Å²) in [7, 11) is 0. The zero-order valence-electron chi connectivity index (χ0n) is 5.62. The van der Waals surface area contributed by atoms with Crippen LogP contribution in [0, 0.1) is 0 Å². The lowest BCUT2D eigenvalue weighted by molar-refractivity contribution is -0.156. The number of carbonyl (C=O) groups is 1. The minimum Gasteiger partial charge on any atom is -0.351 e. The van der Waals surface area contributed by atoms with Crippen LogP contribution >= 0.6 is 0 Å². The number of hydrogen-bond donors (Lipinski definition) is 1. The first-order valence-electron chi connectivity index (χ1n) is 3.46. The van der Waals surface area contributed by atoms with E-state index in [1.807, 2.05) is 0 Å². The van der Waals surface area contributed by atoms with E-state index in [4.69, 9.17) is 10.5 Å². The van der Waals surface area contributed by atoms with Gasteiger partial charge in [-0.1, -0.05) is 0 Å². The van der Waals surface area contributed by atoms with Crippen LogP contribution in [-0.2, 0) is 9.53 Å². The van der Waals surface area contributed by atoms with Crippen LogP contribution in [0.25, 0.3) is 0 Å². The van der Waals surface area contributed by atoms with Gasteiger partial charge >= 0.3 is 0 Å². The molecular weight excluding hydrogens is 132 g/mol. The van der Waals surface area contributed by atoms with Crippen molar-refractivity contribution in [2.24, 2.45) is 5.73 Å². The highest BCUT2D eigenvalue weighted by Crippen LogP contribution is 2.27. The van der Waals surface area contributed by atoms with Crippen LogP contribution < -0.4 is 5.73 Å². The third-order valence-electron chi connectivity index (χ3n) is 2.03. The standard InChI is InChI=1S/C6H10N2O2/c7-2-4-3-8-5(9)1-6(8)10-4/h4,6H,1-3,7H2. The number of nitrogens with zero attached hydrogens (tertiary/aromatic N) is 1. The summed E-state index contributed by atoms with van der Waals surface area (Å²) in [6.45, 7) is 1.21. The number of amides is 1. The van der Waals surface area contributed by atoms with Gasteiger partial charge in [-0.15, -0.1) is 0 Å². The Morgan fingerprint density at radius 2 is 2.60 bits per heavy atom. The number of fused-ring (bicyclic) bond motifs is 1. The van der Waals surface area contributed by atoms with E-state index in [1.165, 1.54) is 0 Å². The van der Waals surface area contributed by atoms with Crippen molar-refractivity contribution >= 4 is 5.91 Å². The van der Waals surface area contributed by atoms with E-state index in [0.717, 1.165) is 0 Å². The zero-order valence-corrected chi connectivity index (χ0v) is 5.62. The van der Waals surface area contributed by atoms with Crippen LogP contribution in [0.5, 0.6) is 0 Å². The van der Waals surface area contributed by atoms with Crippen LogP contribution in [-0.4, -0.2) is 36.2 Å². The highest BCUT2D eigenvalue weighted by molar-refractivity contribution is 5.82. The zero-order chi connectivity index (χ0) is 7.14. The van der Waals surface area contributed by atoms with E-state index in [2.05, 4.69) is 0 Å². The molecule has 2 atom stereocenters. The molecule has 0 spiro atoms. The summed E-state index contributed by atoms with van der Waals surface area (Å²) in [4.78, 5) is 12.5. The molecule has 2 heterocycles. The molecule has 2 aliphatic rings. The molecule has 0 aromatic rings. The van der Waals surface area contributed by atoms with E-state index in [1.54, 1.807) is 4.90 Å². The van der Waals surface area contributed by atoms with E-state index in [9.17, 15) is 4.79 Å². The van der Waals surface area contributed by atoms with Gasteiger partial charge < -0.3 is 15.4 Å². The smallest absolute Gasteiger partial charge is 0.229 e. The van der Waals surface area contributed by atoms with Crippen molar-refractivity contribution in [3.05, 3.63) is 0 Å². The maximum atomic E-state index is 10.8. The highest BCUT2D eigenvalue weighted by Gasteiger charge is 2.44. The molecule has 0 bridgehead atoms. The van der Waals surface area contributed by atoms with Crippen LogP contribution in [0.3, 0.4) is 0 Å². The number of ether oxygens (including phenoxy) is 1. The fraction of sp³-hybridized carbons (Fsp3) is 0.833. The molecule has 0 aliphatic carbocycles. The van der Waals surface area contributed by atoms with Gasteiger partial charge in [0.25, 0.3) is 0 Å². The quantitative estimate of drug-likeness (QED) is 0.473. The van der Waals surface area contributed by atoms with Gasteiger partial charge in [-0.05, 0) is 0 Å². The van der Waals surface area contributed by atoms with Gasteiger partial charge in [0.1, 0.15) is 6.23 Å². The van der Waals surface area contributed by atoms with E-state index >= 15 is 0 Å². The SMILES string of the molecule is NCC1CN2C(=O)CC2O1. The highest BCUT2D eigenvalue weighted by atomic mass is 16.5. The first kappa shape index (κ1) is 6.12. The van der Waals surface area contributed by atoms with Gasteiger partial charge in [0.15, 0.2) is 0 Å². The fourth-order valence-electron chi connectivity index (χ4n) is 1.38. The van der Waals surface area contributed by atoms with Crippen molar-refractivity contribution in [2.45, 2.75) is 18.8 Å². The lowest BCUT2D eigenvalue weighted by atomic mass is 10.2. The lowest BCUT2D eigenvalue weighted by Crippen LogP contribution is -2.48. The molecule has 0 saturated carbocycles. The van der Waals surface area contributed by atoms with Crippen molar-refractivity contribution in [3.63, 3.8) is 0 Å². The normalized spacial score (nSPS) is 37.7. The molecule has 2 fully saturated rings. The van der Waals surface area contributed by atoms with Crippen LogP contribution in [0.2, 0.25) is 0 Å². The summed E-state index contributed by atoms with van der Waals surface area (Å²) in [5, 5.41) is 0. The van der Waals surface area contributed by atoms with Gasteiger partial charge in [0.05, 0.1) is 19.1 Å². The van der Waals surface area contributed by atoms with Gasteiger partial charge in [0, 0.05) is 6.54 Å². The second-order valence-corrected chi connectivity index (χ2v) is 2.70. The third-order valence-corrected chi connectivity index (χ3v) is 2.03. The molecule has 2 saturated heterocycles. The molecule has 1 amide bonds. The summed E-state index contributed by atoms with van der Waals surface area (Å²) in [5.74, 6) is 0.195. The van der Waals surface area contributed by atoms with Crippen molar-refractivity contribution in [1.82, 2.24) is 4.90 Å². The number of hydrogen-bond acceptors (Lipinski definition) is 3. The Kier molecular flexibility index (Phi) is 1.18. The van der Waals surface area contributed by atoms with Crippen molar-refractivity contribution < 1.29 is 9.53 Å². The van der Waals surface area contributed by atoms with Crippen LogP contribution in [0.1, 0.15) is 6.42 Å². The first-order chi connectivity index (χ1) is 4.81. The molecule has 2 aliphatic heterocycles. The second kappa shape index (κ2) is 1.93. The Bertz CT molecular complexity index is 171. The summed E-state index contributed by atoms with van der Waals surface area (Å²) >= 11 is 0. The lowest BCUT2D eigenvalue weighted by Gasteiger charge is -2.31. The maximum absolute atomic E-state index is 10.8. The molecule has 4 nitrogen and oxygen atoms in total. The average Bonchev–Trinajstić information content (AvgIpc) is 2.26. The van der Waals surface area contributed by atoms with E-state index in [-0.39, 0.29) is 18.2 Å². The van der Waals surface area contributed by atoms with Crippen molar-refractivity contribution in [2.75, 3.05) is 13.1 Å². The molecule has 0 aromatic heterocycles. The topological polar surface area (TPSA) is 55.6 Å². The molecule has 4 heteroatoms. The number of carbonyl (C=O) groups excluding carboxylic acids is 1. The predicted octanol–water partition coefficient (Wildman–Crippen LogP) is -1.10. The molecule has 56 valence electrons. The minimum atomic E-state index is 0.0565. The maximum Gasteiger partial charge on any atom is 0.229 e. The Hall–Kier alpha value is -0.610. The molecule has 0 aromatic carbocycles. The monoisotopic (exact) mass is 142 g/mol. The van der Waals surface area contributed by atoms with Crippen LogP contribution in [0.4, 0.5) is 0 Å². The first-order valence-corrected chi connectivity index (χ1v) is 3.46. The summed E-state index contributed by atoms with van der Waals surface area (Å²) in [6, 6.07) is 0. The van der Waals surface area contributed by atoms with Crippen molar-refractivity contribution in [1.29, 1.82) is 0 Å². The molecule has 2 N–H and O–H groups in total. The third kappa shape index (κ3) is 0.660. The average molecular weight is 142 g/mol. The Morgan fingerprint density at radius 1 is 1.80 bits per heavy atom. The Labute approximate surface area is 58.9 Å². The van der Waals surface area contributed by atoms with Gasteiger partial charge in [0.2, 0.25) is 5.91 Å². The van der Waals surface area contributed by atoms with Crippen molar-refractivity contribution in [3.8, 4) is 0 Å². The molecule has 2 unspecified atom stereocenters. The predicted molar refractivity (Wildman–Crippen MR) is 34.0 cm³/mol. The largest absolute Gasteiger partial charge is 0.351 e. The number of β-lactam (4-membered cyclic amide) rings is 1.